The summed E-state index contributed by atoms with van der Waals surface area (Å²) in [6, 6.07) is 25.3. The van der Waals surface area contributed by atoms with Crippen LogP contribution in [0.2, 0.25) is 0 Å². The third-order valence-corrected chi connectivity index (χ3v) is 5.84. The summed E-state index contributed by atoms with van der Waals surface area (Å²) >= 11 is 0. The van der Waals surface area contributed by atoms with Crippen LogP contribution in [0.1, 0.15) is 16.8 Å². The van der Waals surface area contributed by atoms with Crippen molar-refractivity contribution in [1.29, 1.82) is 0 Å². The van der Waals surface area contributed by atoms with Crippen molar-refractivity contribution >= 4 is 35.6 Å². The third-order valence-electron chi connectivity index (χ3n) is 5.84. The highest BCUT2D eigenvalue weighted by molar-refractivity contribution is 14.0. The van der Waals surface area contributed by atoms with Crippen LogP contribution >= 0.6 is 24.0 Å². The molecule has 33 heavy (non-hydrogen) atoms. The highest BCUT2D eigenvalue weighted by Crippen LogP contribution is 2.18. The number of benzene rings is 2. The first-order valence-electron chi connectivity index (χ1n) is 11.3. The van der Waals surface area contributed by atoms with E-state index >= 15 is 0 Å². The summed E-state index contributed by atoms with van der Waals surface area (Å²) in [6.45, 7) is 6.63. The molecule has 0 amide bonds. The third kappa shape index (κ3) is 7.43. The van der Waals surface area contributed by atoms with E-state index in [0.29, 0.717) is 6.54 Å². The molecule has 1 aliphatic heterocycles. The number of piperazine rings is 1. The number of pyridine rings is 1. The Morgan fingerprint density at radius 3 is 2.18 bits per heavy atom. The smallest absolute Gasteiger partial charge is 0.191 e. The average Bonchev–Trinajstić information content (AvgIpc) is 2.87. The number of guanidine groups is 1. The molecule has 0 saturated carbocycles. The second-order valence-corrected chi connectivity index (χ2v) is 7.97. The number of nitrogens with zero attached hydrogens (tertiary/aromatic N) is 4. The number of aliphatic imine (C=N–C) groups is 1. The average molecular weight is 556 g/mol. The lowest BCUT2D eigenvalue weighted by molar-refractivity contribution is 0.249. The van der Waals surface area contributed by atoms with E-state index < -0.39 is 0 Å². The van der Waals surface area contributed by atoms with E-state index in [1.54, 1.807) is 7.05 Å². The Kier molecular flexibility index (Phi) is 9.96. The number of aromatic nitrogens is 1. The topological polar surface area (TPSA) is 55.8 Å². The van der Waals surface area contributed by atoms with Crippen molar-refractivity contribution in [3.8, 4) is 0 Å². The van der Waals surface area contributed by atoms with Crippen molar-refractivity contribution in [3.63, 3.8) is 0 Å². The predicted molar refractivity (Wildman–Crippen MR) is 147 cm³/mol. The molecule has 174 valence electrons. The summed E-state index contributed by atoms with van der Waals surface area (Å²) in [5, 5.41) is 6.78. The van der Waals surface area contributed by atoms with Gasteiger partial charge in [-0.3, -0.25) is 14.9 Å². The molecule has 0 aliphatic carbocycles. The Morgan fingerprint density at radius 2 is 1.48 bits per heavy atom. The Morgan fingerprint density at radius 1 is 0.818 bits per heavy atom. The van der Waals surface area contributed by atoms with Gasteiger partial charge in [0.15, 0.2) is 5.96 Å². The quantitative estimate of drug-likeness (QED) is 0.263. The van der Waals surface area contributed by atoms with E-state index in [2.05, 4.69) is 85.0 Å². The van der Waals surface area contributed by atoms with Crippen LogP contribution in [0.4, 0.5) is 5.69 Å². The molecule has 3 aromatic rings. The van der Waals surface area contributed by atoms with Crippen molar-refractivity contribution in [2.75, 3.05) is 38.1 Å². The van der Waals surface area contributed by atoms with Crippen LogP contribution in [0.25, 0.3) is 0 Å². The Labute approximate surface area is 214 Å². The van der Waals surface area contributed by atoms with Gasteiger partial charge >= 0.3 is 0 Å². The molecule has 2 N–H and O–H groups in total. The van der Waals surface area contributed by atoms with Crippen molar-refractivity contribution in [2.45, 2.75) is 19.6 Å². The lowest BCUT2D eigenvalue weighted by atomic mass is 10.1. The zero-order valence-corrected chi connectivity index (χ0v) is 21.5. The van der Waals surface area contributed by atoms with Gasteiger partial charge in [-0.25, -0.2) is 0 Å². The molecule has 0 atom stereocenters. The maximum atomic E-state index is 4.35. The van der Waals surface area contributed by atoms with Gasteiger partial charge in [-0.05, 0) is 35.4 Å². The standard InChI is InChI=1S/C26H32N6.HI/c1-27-26(30-20-24-11-7-8-14-28-24)29-19-22-9-5-6-10-23(22)21-31-15-17-32(18-16-31)25-12-3-2-4-13-25;/h2-14H,15-21H2,1H3,(H2,27,29,30);1H. The van der Waals surface area contributed by atoms with E-state index in [9.17, 15) is 0 Å². The Hall–Kier alpha value is -2.65. The first-order valence-corrected chi connectivity index (χ1v) is 11.3. The Balaban J connectivity index is 0.00000306. The molecule has 0 spiro atoms. The number of nitrogens with one attached hydrogen (secondary N) is 2. The maximum absolute atomic E-state index is 4.35. The normalized spacial score (nSPS) is 14.5. The van der Waals surface area contributed by atoms with Gasteiger partial charge in [0.1, 0.15) is 0 Å². The predicted octanol–water partition coefficient (Wildman–Crippen LogP) is 3.89. The summed E-state index contributed by atoms with van der Waals surface area (Å²) in [5.74, 6) is 0.780. The van der Waals surface area contributed by atoms with Crippen molar-refractivity contribution < 1.29 is 0 Å². The molecule has 0 radical (unpaired) electrons. The number of rotatable bonds is 7. The first kappa shape index (κ1) is 25.0. The van der Waals surface area contributed by atoms with Crippen LogP contribution in [-0.2, 0) is 19.6 Å². The van der Waals surface area contributed by atoms with E-state index in [1.807, 2.05) is 24.4 Å². The summed E-state index contributed by atoms with van der Waals surface area (Å²) in [4.78, 5) is 13.7. The molecule has 6 nitrogen and oxygen atoms in total. The van der Waals surface area contributed by atoms with Crippen LogP contribution in [-0.4, -0.2) is 49.1 Å². The monoisotopic (exact) mass is 556 g/mol. The number of hydrogen-bond donors (Lipinski definition) is 2. The van der Waals surface area contributed by atoms with Crippen molar-refractivity contribution in [3.05, 3.63) is 95.8 Å². The van der Waals surface area contributed by atoms with E-state index in [0.717, 1.165) is 50.9 Å². The molecule has 2 aromatic carbocycles. The van der Waals surface area contributed by atoms with E-state index in [-0.39, 0.29) is 24.0 Å². The van der Waals surface area contributed by atoms with E-state index in [1.165, 1.54) is 16.8 Å². The zero-order chi connectivity index (χ0) is 22.0. The number of hydrogen-bond acceptors (Lipinski definition) is 4. The zero-order valence-electron chi connectivity index (χ0n) is 19.2. The van der Waals surface area contributed by atoms with Gasteiger partial charge in [0, 0.05) is 58.2 Å². The number of anilines is 1. The maximum Gasteiger partial charge on any atom is 0.191 e. The molecule has 1 fully saturated rings. The van der Waals surface area contributed by atoms with Crippen LogP contribution in [0.3, 0.4) is 0 Å². The molecule has 1 aliphatic rings. The van der Waals surface area contributed by atoms with Gasteiger partial charge in [-0.15, -0.1) is 24.0 Å². The van der Waals surface area contributed by atoms with Crippen molar-refractivity contribution in [2.24, 2.45) is 4.99 Å². The molecular formula is C26H33IN6. The lowest BCUT2D eigenvalue weighted by Gasteiger charge is -2.36. The van der Waals surface area contributed by atoms with Crippen LogP contribution in [0.15, 0.2) is 84.0 Å². The van der Waals surface area contributed by atoms with Gasteiger partial charge < -0.3 is 15.5 Å². The second kappa shape index (κ2) is 13.2. The molecule has 0 bridgehead atoms. The van der Waals surface area contributed by atoms with Gasteiger partial charge in [-0.1, -0.05) is 48.5 Å². The fraction of sp³-hybridized carbons (Fsp3) is 0.308. The van der Waals surface area contributed by atoms with Crippen LogP contribution < -0.4 is 15.5 Å². The molecular weight excluding hydrogens is 523 g/mol. The molecule has 1 saturated heterocycles. The summed E-state index contributed by atoms with van der Waals surface area (Å²) in [7, 11) is 1.80. The molecule has 0 unspecified atom stereocenters. The number of halogens is 1. The highest BCUT2D eigenvalue weighted by atomic mass is 127. The fourth-order valence-electron chi connectivity index (χ4n) is 4.00. The van der Waals surface area contributed by atoms with Crippen molar-refractivity contribution in [1.82, 2.24) is 20.5 Å². The highest BCUT2D eigenvalue weighted by Gasteiger charge is 2.18. The van der Waals surface area contributed by atoms with Gasteiger partial charge in [0.25, 0.3) is 0 Å². The summed E-state index contributed by atoms with van der Waals surface area (Å²) < 4.78 is 0. The molecule has 4 rings (SSSR count). The minimum absolute atomic E-state index is 0. The molecule has 7 heteroatoms. The lowest BCUT2D eigenvalue weighted by Crippen LogP contribution is -2.46. The fourth-order valence-corrected chi connectivity index (χ4v) is 4.00. The molecule has 1 aromatic heterocycles. The van der Waals surface area contributed by atoms with Gasteiger partial charge in [0.2, 0.25) is 0 Å². The largest absolute Gasteiger partial charge is 0.369 e. The minimum Gasteiger partial charge on any atom is -0.369 e. The first-order chi connectivity index (χ1) is 15.8. The van der Waals surface area contributed by atoms with Gasteiger partial charge in [0.05, 0.1) is 12.2 Å². The van der Waals surface area contributed by atoms with Crippen LogP contribution in [0.5, 0.6) is 0 Å². The molecule has 2 heterocycles. The van der Waals surface area contributed by atoms with Crippen LogP contribution in [0, 0.1) is 0 Å². The Bertz CT molecular complexity index is 988. The summed E-state index contributed by atoms with van der Waals surface area (Å²) in [6.07, 6.45) is 1.81. The minimum atomic E-state index is 0. The SMILES string of the molecule is CN=C(NCc1ccccn1)NCc1ccccc1CN1CCN(c2ccccc2)CC1.I. The van der Waals surface area contributed by atoms with Gasteiger partial charge in [-0.2, -0.15) is 0 Å². The number of para-hydroxylation sites is 1. The second-order valence-electron chi connectivity index (χ2n) is 7.97. The van der Waals surface area contributed by atoms with E-state index in [4.69, 9.17) is 0 Å². The summed E-state index contributed by atoms with van der Waals surface area (Å²) in [5.41, 5.74) is 4.99.